The van der Waals surface area contributed by atoms with E-state index in [1.165, 1.54) is 12.1 Å². The van der Waals surface area contributed by atoms with Gasteiger partial charge in [-0.2, -0.15) is 0 Å². The zero-order valence-corrected chi connectivity index (χ0v) is 14.8. The summed E-state index contributed by atoms with van der Waals surface area (Å²) in [6, 6.07) is 10.1. The summed E-state index contributed by atoms with van der Waals surface area (Å²) >= 11 is 0. The minimum atomic E-state index is -0.265. The highest BCUT2D eigenvalue weighted by molar-refractivity contribution is 5.77. The van der Waals surface area contributed by atoms with Crippen molar-refractivity contribution in [3.8, 4) is 0 Å². The predicted octanol–water partition coefficient (Wildman–Crippen LogP) is 2.21. The molecule has 1 amide bonds. The Labute approximate surface area is 148 Å². The van der Waals surface area contributed by atoms with Gasteiger partial charge in [0, 0.05) is 25.6 Å². The number of hydrogen-bond donors (Lipinski definition) is 2. The fraction of sp³-hybridized carbons (Fsp3) is 0.421. The summed E-state index contributed by atoms with van der Waals surface area (Å²) < 4.78 is 18.7. The molecule has 0 aliphatic carbocycles. The lowest BCUT2D eigenvalue weighted by Crippen LogP contribution is -2.37. The van der Waals surface area contributed by atoms with Gasteiger partial charge in [0.25, 0.3) is 0 Å². The summed E-state index contributed by atoms with van der Waals surface area (Å²) in [5, 5.41) is 6.02. The third-order valence-electron chi connectivity index (χ3n) is 3.94. The molecule has 0 spiro atoms. The van der Waals surface area contributed by atoms with E-state index in [4.69, 9.17) is 4.42 Å². The summed E-state index contributed by atoms with van der Waals surface area (Å²) in [6.07, 6.45) is 2.31. The SMILES string of the molecule is CN(C)CCNCC(=O)NCCC(c1ccc(F)cc1)c1ccco1. The minimum absolute atomic E-state index is 0.0161. The second-order valence-electron chi connectivity index (χ2n) is 6.24. The summed E-state index contributed by atoms with van der Waals surface area (Å²) in [5.41, 5.74) is 0.967. The van der Waals surface area contributed by atoms with Crippen LogP contribution in [0.2, 0.25) is 0 Å². The number of rotatable bonds is 10. The largest absolute Gasteiger partial charge is 0.469 e. The third-order valence-corrected chi connectivity index (χ3v) is 3.94. The molecule has 0 radical (unpaired) electrons. The highest BCUT2D eigenvalue weighted by Gasteiger charge is 2.17. The van der Waals surface area contributed by atoms with Gasteiger partial charge in [-0.25, -0.2) is 4.39 Å². The highest BCUT2D eigenvalue weighted by Crippen LogP contribution is 2.28. The van der Waals surface area contributed by atoms with Crippen molar-refractivity contribution in [1.29, 1.82) is 0 Å². The first-order valence-electron chi connectivity index (χ1n) is 8.47. The zero-order valence-electron chi connectivity index (χ0n) is 14.8. The Kier molecular flexibility index (Phi) is 7.63. The van der Waals surface area contributed by atoms with Crippen LogP contribution in [0.5, 0.6) is 0 Å². The smallest absolute Gasteiger partial charge is 0.233 e. The Hall–Kier alpha value is -2.18. The molecule has 25 heavy (non-hydrogen) atoms. The molecule has 1 heterocycles. The van der Waals surface area contributed by atoms with Crippen molar-refractivity contribution in [2.75, 3.05) is 40.3 Å². The van der Waals surface area contributed by atoms with E-state index >= 15 is 0 Å². The topological polar surface area (TPSA) is 57.5 Å². The van der Waals surface area contributed by atoms with Gasteiger partial charge in [-0.1, -0.05) is 12.1 Å². The lowest BCUT2D eigenvalue weighted by Gasteiger charge is -2.16. The maximum Gasteiger partial charge on any atom is 0.233 e. The second-order valence-corrected chi connectivity index (χ2v) is 6.24. The van der Waals surface area contributed by atoms with Crippen LogP contribution in [0.15, 0.2) is 47.1 Å². The van der Waals surface area contributed by atoms with Crippen molar-refractivity contribution in [1.82, 2.24) is 15.5 Å². The Bertz CT molecular complexity index is 627. The number of nitrogens with one attached hydrogen (secondary N) is 2. The van der Waals surface area contributed by atoms with Crippen molar-refractivity contribution < 1.29 is 13.6 Å². The van der Waals surface area contributed by atoms with Gasteiger partial charge in [0.1, 0.15) is 11.6 Å². The van der Waals surface area contributed by atoms with Crippen molar-refractivity contribution in [3.05, 3.63) is 59.8 Å². The molecule has 2 rings (SSSR count). The van der Waals surface area contributed by atoms with E-state index in [1.807, 2.05) is 26.2 Å². The Morgan fingerprint density at radius 2 is 1.96 bits per heavy atom. The van der Waals surface area contributed by atoms with Gasteiger partial charge in [0.05, 0.1) is 12.8 Å². The molecule has 0 saturated heterocycles. The second kappa shape index (κ2) is 9.96. The van der Waals surface area contributed by atoms with E-state index in [9.17, 15) is 9.18 Å². The number of nitrogens with zero attached hydrogens (tertiary/aromatic N) is 1. The van der Waals surface area contributed by atoms with E-state index in [2.05, 4.69) is 15.5 Å². The summed E-state index contributed by atoms with van der Waals surface area (Å²) in [5.74, 6) is 0.498. The minimum Gasteiger partial charge on any atom is -0.469 e. The van der Waals surface area contributed by atoms with Crippen LogP contribution in [0.3, 0.4) is 0 Å². The molecule has 2 N–H and O–H groups in total. The number of amides is 1. The fourth-order valence-corrected chi connectivity index (χ4v) is 2.58. The van der Waals surface area contributed by atoms with Gasteiger partial charge < -0.3 is 20.0 Å². The Morgan fingerprint density at radius 3 is 2.60 bits per heavy atom. The van der Waals surface area contributed by atoms with E-state index in [0.29, 0.717) is 19.5 Å². The van der Waals surface area contributed by atoms with Gasteiger partial charge in [0.15, 0.2) is 0 Å². The molecule has 0 bridgehead atoms. The third kappa shape index (κ3) is 6.68. The standard InChI is InChI=1S/C19H26FN3O2/c1-23(2)12-11-21-14-19(24)22-10-9-17(18-4-3-13-25-18)15-5-7-16(20)8-6-15/h3-8,13,17,21H,9-12,14H2,1-2H3,(H,22,24). The van der Waals surface area contributed by atoms with Crippen LogP contribution in [0.25, 0.3) is 0 Å². The average molecular weight is 347 g/mol. The lowest BCUT2D eigenvalue weighted by molar-refractivity contribution is -0.120. The molecular weight excluding hydrogens is 321 g/mol. The molecule has 6 heteroatoms. The van der Waals surface area contributed by atoms with Gasteiger partial charge in [0.2, 0.25) is 5.91 Å². The number of hydrogen-bond acceptors (Lipinski definition) is 4. The first-order chi connectivity index (χ1) is 12.1. The van der Waals surface area contributed by atoms with Crippen LogP contribution in [-0.4, -0.2) is 51.1 Å². The van der Waals surface area contributed by atoms with Crippen molar-refractivity contribution in [3.63, 3.8) is 0 Å². The van der Waals surface area contributed by atoms with Gasteiger partial charge >= 0.3 is 0 Å². The van der Waals surface area contributed by atoms with Crippen LogP contribution < -0.4 is 10.6 Å². The van der Waals surface area contributed by atoms with Crippen molar-refractivity contribution >= 4 is 5.91 Å². The quantitative estimate of drug-likeness (QED) is 0.647. The first-order valence-corrected chi connectivity index (χ1v) is 8.47. The highest BCUT2D eigenvalue weighted by atomic mass is 19.1. The molecule has 1 aromatic carbocycles. The zero-order chi connectivity index (χ0) is 18.1. The first kappa shape index (κ1) is 19.1. The monoisotopic (exact) mass is 347 g/mol. The average Bonchev–Trinajstić information content (AvgIpc) is 3.11. The number of carbonyl (C=O) groups is 1. The number of benzene rings is 1. The molecule has 1 aromatic heterocycles. The number of furan rings is 1. The Balaban J connectivity index is 1.82. The molecule has 0 saturated carbocycles. The van der Waals surface area contributed by atoms with Crippen molar-refractivity contribution in [2.24, 2.45) is 0 Å². The number of carbonyl (C=O) groups excluding carboxylic acids is 1. The predicted molar refractivity (Wildman–Crippen MR) is 96.0 cm³/mol. The molecule has 1 atom stereocenters. The maximum absolute atomic E-state index is 13.2. The van der Waals surface area contributed by atoms with Crippen LogP contribution in [-0.2, 0) is 4.79 Å². The van der Waals surface area contributed by atoms with E-state index in [1.54, 1.807) is 18.4 Å². The molecule has 136 valence electrons. The number of halogens is 1. The van der Waals surface area contributed by atoms with Crippen LogP contribution in [0, 0.1) is 5.82 Å². The van der Waals surface area contributed by atoms with Crippen LogP contribution >= 0.6 is 0 Å². The van der Waals surface area contributed by atoms with E-state index in [0.717, 1.165) is 24.4 Å². The van der Waals surface area contributed by atoms with E-state index in [-0.39, 0.29) is 17.6 Å². The van der Waals surface area contributed by atoms with Gasteiger partial charge in [-0.05, 0) is 50.3 Å². The summed E-state index contributed by atoms with van der Waals surface area (Å²) in [6.45, 7) is 2.48. The molecule has 5 nitrogen and oxygen atoms in total. The maximum atomic E-state index is 13.2. The molecule has 2 aromatic rings. The molecule has 0 aliphatic rings. The molecule has 1 unspecified atom stereocenters. The normalized spacial score (nSPS) is 12.3. The molecule has 0 fully saturated rings. The molecular formula is C19H26FN3O2. The molecule has 0 aliphatic heterocycles. The van der Waals surface area contributed by atoms with Gasteiger partial charge in [-0.15, -0.1) is 0 Å². The fourth-order valence-electron chi connectivity index (χ4n) is 2.58. The Morgan fingerprint density at radius 1 is 1.20 bits per heavy atom. The van der Waals surface area contributed by atoms with Crippen LogP contribution in [0.4, 0.5) is 4.39 Å². The number of likely N-dealkylation sites (N-methyl/N-ethyl adjacent to an activating group) is 1. The summed E-state index contributed by atoms with van der Waals surface area (Å²) in [4.78, 5) is 13.9. The van der Waals surface area contributed by atoms with Gasteiger partial charge in [-0.3, -0.25) is 4.79 Å². The van der Waals surface area contributed by atoms with Crippen LogP contribution in [0.1, 0.15) is 23.7 Å². The van der Waals surface area contributed by atoms with E-state index < -0.39 is 0 Å². The van der Waals surface area contributed by atoms with Crippen molar-refractivity contribution in [2.45, 2.75) is 12.3 Å². The summed E-state index contributed by atoms with van der Waals surface area (Å²) in [7, 11) is 3.98. The lowest BCUT2D eigenvalue weighted by atomic mass is 9.93.